The standard InChI is InChI=1S/C13H18FN3O5/c1-2-3-6(18)4-8-9(19)10(20)12(22-8)17-5-7(14)11(15)16-13(17)21/h5,8-10,12,19-20H,2-4H2,1H3,(H2,15,16,21)/t8-,9-,10-,12-/m1/s1. The van der Waals surface area contributed by atoms with Crippen LogP contribution in [-0.2, 0) is 9.53 Å². The number of ketones is 1. The highest BCUT2D eigenvalue weighted by Gasteiger charge is 2.44. The predicted molar refractivity (Wildman–Crippen MR) is 73.3 cm³/mol. The van der Waals surface area contributed by atoms with Crippen LogP contribution in [0.25, 0.3) is 0 Å². The molecule has 1 aliphatic rings. The van der Waals surface area contributed by atoms with Crippen molar-refractivity contribution in [2.75, 3.05) is 5.73 Å². The Kier molecular flexibility index (Phi) is 4.89. The molecule has 4 atom stereocenters. The highest BCUT2D eigenvalue weighted by molar-refractivity contribution is 5.78. The van der Waals surface area contributed by atoms with Crippen molar-refractivity contribution in [3.05, 3.63) is 22.5 Å². The van der Waals surface area contributed by atoms with Crippen LogP contribution in [0.4, 0.5) is 10.2 Å². The fourth-order valence-corrected chi connectivity index (χ4v) is 2.37. The molecule has 8 nitrogen and oxygen atoms in total. The van der Waals surface area contributed by atoms with Crippen molar-refractivity contribution < 1.29 is 24.1 Å². The lowest BCUT2D eigenvalue weighted by molar-refractivity contribution is -0.123. The third-order valence-electron chi connectivity index (χ3n) is 3.50. The van der Waals surface area contributed by atoms with E-state index in [4.69, 9.17) is 10.5 Å². The van der Waals surface area contributed by atoms with E-state index in [1.807, 2.05) is 6.92 Å². The predicted octanol–water partition coefficient (Wildman–Crippen LogP) is -0.657. The maximum Gasteiger partial charge on any atom is 0.351 e. The van der Waals surface area contributed by atoms with E-state index >= 15 is 0 Å². The van der Waals surface area contributed by atoms with Gasteiger partial charge in [-0.15, -0.1) is 0 Å². The lowest BCUT2D eigenvalue weighted by atomic mass is 10.0. The molecule has 1 saturated heterocycles. The Hall–Kier alpha value is -1.84. The minimum Gasteiger partial charge on any atom is -0.388 e. The molecule has 1 aromatic rings. The van der Waals surface area contributed by atoms with E-state index in [1.54, 1.807) is 0 Å². The van der Waals surface area contributed by atoms with Gasteiger partial charge in [-0.05, 0) is 6.42 Å². The zero-order chi connectivity index (χ0) is 16.4. The summed E-state index contributed by atoms with van der Waals surface area (Å²) in [6.07, 6.45) is -3.51. The van der Waals surface area contributed by atoms with E-state index in [0.717, 1.165) is 6.20 Å². The highest BCUT2D eigenvalue weighted by Crippen LogP contribution is 2.30. The van der Waals surface area contributed by atoms with Crippen LogP contribution in [0.1, 0.15) is 32.4 Å². The molecule has 0 amide bonds. The number of aliphatic hydroxyl groups excluding tert-OH is 2. The SMILES string of the molecule is CCCC(=O)C[C@H]1O[C@@H](n2cc(F)c(N)nc2=O)[C@H](O)[C@@H]1O. The first kappa shape index (κ1) is 16.5. The fourth-order valence-electron chi connectivity index (χ4n) is 2.37. The van der Waals surface area contributed by atoms with E-state index in [1.165, 1.54) is 0 Å². The van der Waals surface area contributed by atoms with Gasteiger partial charge >= 0.3 is 5.69 Å². The van der Waals surface area contributed by atoms with Crippen LogP contribution in [0.3, 0.4) is 0 Å². The smallest absolute Gasteiger partial charge is 0.351 e. The van der Waals surface area contributed by atoms with Gasteiger partial charge in [0.2, 0.25) is 0 Å². The fraction of sp³-hybridized carbons (Fsp3) is 0.615. The molecule has 0 bridgehead atoms. The molecule has 122 valence electrons. The number of rotatable bonds is 5. The number of aromatic nitrogens is 2. The van der Waals surface area contributed by atoms with Crippen LogP contribution < -0.4 is 11.4 Å². The Balaban J connectivity index is 2.21. The molecule has 0 aromatic carbocycles. The van der Waals surface area contributed by atoms with E-state index in [9.17, 15) is 24.2 Å². The Bertz CT molecular complexity index is 620. The monoisotopic (exact) mass is 315 g/mol. The summed E-state index contributed by atoms with van der Waals surface area (Å²) in [4.78, 5) is 26.6. The summed E-state index contributed by atoms with van der Waals surface area (Å²) >= 11 is 0. The zero-order valence-corrected chi connectivity index (χ0v) is 12.0. The van der Waals surface area contributed by atoms with Gasteiger partial charge in [0.25, 0.3) is 0 Å². The normalized spacial score (nSPS) is 28.0. The van der Waals surface area contributed by atoms with E-state index in [-0.39, 0.29) is 12.2 Å². The summed E-state index contributed by atoms with van der Waals surface area (Å²) in [5.41, 5.74) is 4.26. The number of ether oxygens (including phenoxy) is 1. The largest absolute Gasteiger partial charge is 0.388 e. The first-order valence-electron chi connectivity index (χ1n) is 6.92. The Morgan fingerprint density at radius 2 is 2.18 bits per heavy atom. The van der Waals surface area contributed by atoms with E-state index in [0.29, 0.717) is 17.4 Å². The molecular formula is C13H18FN3O5. The van der Waals surface area contributed by atoms with Gasteiger partial charge in [-0.1, -0.05) is 6.92 Å². The van der Waals surface area contributed by atoms with Crippen LogP contribution >= 0.6 is 0 Å². The second-order valence-electron chi connectivity index (χ2n) is 5.20. The molecule has 0 unspecified atom stereocenters. The highest BCUT2D eigenvalue weighted by atomic mass is 19.1. The Labute approximate surface area is 125 Å². The van der Waals surface area contributed by atoms with Gasteiger partial charge < -0.3 is 20.7 Å². The number of nitrogens with zero attached hydrogens (tertiary/aromatic N) is 2. The molecule has 2 rings (SSSR count). The third kappa shape index (κ3) is 3.16. The number of halogens is 1. The van der Waals surface area contributed by atoms with Crippen molar-refractivity contribution in [1.29, 1.82) is 0 Å². The van der Waals surface area contributed by atoms with Crippen LogP contribution in [0.15, 0.2) is 11.0 Å². The summed E-state index contributed by atoms with van der Waals surface area (Å²) in [6.45, 7) is 1.84. The Morgan fingerprint density at radius 1 is 1.50 bits per heavy atom. The molecule has 9 heteroatoms. The van der Waals surface area contributed by atoms with Crippen LogP contribution in [0, 0.1) is 5.82 Å². The molecule has 0 spiro atoms. The van der Waals surface area contributed by atoms with Gasteiger partial charge in [0.1, 0.15) is 18.0 Å². The lowest BCUT2D eigenvalue weighted by Gasteiger charge is -2.17. The summed E-state index contributed by atoms with van der Waals surface area (Å²) in [6, 6.07) is 0. The number of anilines is 1. The second-order valence-corrected chi connectivity index (χ2v) is 5.20. The maximum atomic E-state index is 13.4. The minimum atomic E-state index is -1.48. The number of Topliss-reactive ketones (excluding diaryl/α,β-unsaturated/α-hetero) is 1. The first-order chi connectivity index (χ1) is 10.3. The molecule has 0 aliphatic carbocycles. The maximum absolute atomic E-state index is 13.4. The van der Waals surface area contributed by atoms with Crippen molar-refractivity contribution >= 4 is 11.6 Å². The zero-order valence-electron chi connectivity index (χ0n) is 12.0. The van der Waals surface area contributed by atoms with E-state index in [2.05, 4.69) is 4.98 Å². The molecular weight excluding hydrogens is 297 g/mol. The summed E-state index contributed by atoms with van der Waals surface area (Å²) in [5, 5.41) is 19.9. The van der Waals surface area contributed by atoms with Crippen molar-refractivity contribution in [2.45, 2.75) is 50.7 Å². The van der Waals surface area contributed by atoms with Crippen molar-refractivity contribution in [3.63, 3.8) is 0 Å². The number of aliphatic hydroxyl groups is 2. The summed E-state index contributed by atoms with van der Waals surface area (Å²) in [7, 11) is 0. The van der Waals surface area contributed by atoms with Gasteiger partial charge in [-0.25, -0.2) is 9.18 Å². The summed E-state index contributed by atoms with van der Waals surface area (Å²) in [5.74, 6) is -1.65. The molecule has 2 heterocycles. The summed E-state index contributed by atoms with van der Waals surface area (Å²) < 4.78 is 19.5. The molecule has 0 saturated carbocycles. The lowest BCUT2D eigenvalue weighted by Crippen LogP contribution is -2.36. The molecule has 1 aromatic heterocycles. The van der Waals surface area contributed by atoms with Crippen LogP contribution in [-0.4, -0.2) is 43.9 Å². The van der Waals surface area contributed by atoms with E-state index < -0.39 is 41.9 Å². The first-order valence-corrected chi connectivity index (χ1v) is 6.92. The van der Waals surface area contributed by atoms with Gasteiger partial charge in [-0.3, -0.25) is 9.36 Å². The Morgan fingerprint density at radius 3 is 2.82 bits per heavy atom. The number of hydrogen-bond acceptors (Lipinski definition) is 7. The number of nitrogens with two attached hydrogens (primary N) is 1. The molecule has 4 N–H and O–H groups in total. The van der Waals surface area contributed by atoms with Gasteiger partial charge in [0, 0.05) is 12.8 Å². The number of carbonyl (C=O) groups is 1. The minimum absolute atomic E-state index is 0.0950. The number of hydrogen-bond donors (Lipinski definition) is 3. The number of nitrogen functional groups attached to an aromatic ring is 1. The van der Waals surface area contributed by atoms with Gasteiger partial charge in [0.05, 0.1) is 12.3 Å². The van der Waals surface area contributed by atoms with Crippen LogP contribution in [0.2, 0.25) is 0 Å². The molecule has 1 fully saturated rings. The molecule has 1 aliphatic heterocycles. The molecule has 22 heavy (non-hydrogen) atoms. The average Bonchev–Trinajstić information content (AvgIpc) is 2.71. The second kappa shape index (κ2) is 6.51. The van der Waals surface area contributed by atoms with Crippen molar-refractivity contribution in [1.82, 2.24) is 9.55 Å². The van der Waals surface area contributed by atoms with Gasteiger partial charge in [-0.2, -0.15) is 4.98 Å². The quantitative estimate of drug-likeness (QED) is 0.658. The molecule has 0 radical (unpaired) electrons. The topological polar surface area (TPSA) is 128 Å². The third-order valence-corrected chi connectivity index (χ3v) is 3.50. The van der Waals surface area contributed by atoms with Crippen LogP contribution in [0.5, 0.6) is 0 Å². The van der Waals surface area contributed by atoms with Gasteiger partial charge in [0.15, 0.2) is 17.9 Å². The van der Waals surface area contributed by atoms with Crippen molar-refractivity contribution in [3.8, 4) is 0 Å². The number of carbonyl (C=O) groups excluding carboxylic acids is 1. The average molecular weight is 315 g/mol. The van der Waals surface area contributed by atoms with Crippen molar-refractivity contribution in [2.24, 2.45) is 0 Å².